The molecule has 0 aromatic carbocycles. The average Bonchev–Trinajstić information content (AvgIpc) is 3.15. The third-order valence-electron chi connectivity index (χ3n) is 4.15. The minimum atomic E-state index is -3.80. The van der Waals surface area contributed by atoms with E-state index in [0.717, 1.165) is 18.7 Å². The first-order valence-corrected chi connectivity index (χ1v) is 10.2. The summed E-state index contributed by atoms with van der Waals surface area (Å²) in [7, 11) is 1.33. The molecule has 0 fully saturated rings. The number of hydrogen-bond donors (Lipinski definition) is 3. The Balaban J connectivity index is 2.35. The molecule has 15 heteroatoms. The van der Waals surface area contributed by atoms with Gasteiger partial charge in [-0.05, 0) is 0 Å². The zero-order valence-corrected chi connectivity index (χ0v) is 17.9. The number of rotatable bonds is 13. The van der Waals surface area contributed by atoms with Crippen molar-refractivity contribution in [1.29, 1.82) is 0 Å². The van der Waals surface area contributed by atoms with Crippen molar-refractivity contribution in [2.75, 3.05) is 54.0 Å². The molecule has 2 aromatic heterocycles. The topological polar surface area (TPSA) is 182 Å². The number of hydrogen-bond acceptors (Lipinski definition) is 12. The van der Waals surface area contributed by atoms with Crippen LogP contribution in [0.15, 0.2) is 11.0 Å². The molecule has 0 aliphatic carbocycles. The van der Waals surface area contributed by atoms with Gasteiger partial charge in [0.2, 0.25) is 5.95 Å². The minimum absolute atomic E-state index is 0.0907. The molecule has 170 valence electrons. The van der Waals surface area contributed by atoms with Crippen molar-refractivity contribution in [2.24, 2.45) is 0 Å². The van der Waals surface area contributed by atoms with Gasteiger partial charge in [-0.2, -0.15) is 14.6 Å². The number of aliphatic hydroxyl groups is 1. The highest BCUT2D eigenvalue weighted by atomic mass is 31.2. The molecule has 2 heterocycles. The van der Waals surface area contributed by atoms with Crippen LogP contribution in [0.2, 0.25) is 0 Å². The number of phosphoric ester groups is 1. The molecule has 0 spiro atoms. The molecule has 0 amide bonds. The lowest BCUT2D eigenvalue weighted by Gasteiger charge is -2.29. The van der Waals surface area contributed by atoms with Crippen molar-refractivity contribution in [2.45, 2.75) is 18.3 Å². The van der Waals surface area contributed by atoms with E-state index in [4.69, 9.17) is 33.5 Å². The van der Waals surface area contributed by atoms with Crippen molar-refractivity contribution in [3.05, 3.63) is 22.2 Å². The van der Waals surface area contributed by atoms with E-state index in [0.29, 0.717) is 0 Å². The fourth-order valence-corrected chi connectivity index (χ4v) is 3.29. The summed E-state index contributed by atoms with van der Waals surface area (Å²) < 4.78 is 43.7. The van der Waals surface area contributed by atoms with E-state index in [1.165, 1.54) is 20.4 Å². The Kier molecular flexibility index (Phi) is 8.88. The zero-order valence-electron chi connectivity index (χ0n) is 17.0. The molecule has 0 saturated heterocycles. The molecule has 0 aliphatic rings. The van der Waals surface area contributed by atoms with Crippen molar-refractivity contribution in [3.8, 4) is 0 Å². The number of phosphoric acid groups is 1. The predicted octanol–water partition coefficient (Wildman–Crippen LogP) is -0.503. The van der Waals surface area contributed by atoms with Gasteiger partial charge in [0.25, 0.3) is 0 Å². The second-order valence-corrected chi connectivity index (χ2v) is 7.80. The first kappa shape index (κ1) is 24.4. The number of H-pyrrole nitrogens is 1. The summed E-state index contributed by atoms with van der Waals surface area (Å²) >= 11 is 0. The zero-order chi connectivity index (χ0) is 22.3. The van der Waals surface area contributed by atoms with Crippen molar-refractivity contribution in [3.63, 3.8) is 0 Å². The monoisotopic (exact) mass is 451 g/mol. The highest BCUT2D eigenvalue weighted by Gasteiger charge is 2.35. The quantitative estimate of drug-likeness (QED) is 0.263. The van der Waals surface area contributed by atoms with Crippen LogP contribution in [0.1, 0.15) is 11.7 Å². The van der Waals surface area contributed by atoms with Gasteiger partial charge in [0, 0.05) is 34.0 Å². The summed E-state index contributed by atoms with van der Waals surface area (Å²) in [6.07, 6.45) is -2.13. The van der Waals surface area contributed by atoms with Crippen LogP contribution >= 0.6 is 7.82 Å². The van der Waals surface area contributed by atoms with E-state index < -0.39 is 31.8 Å². The number of anilines is 1. The van der Waals surface area contributed by atoms with Crippen LogP contribution in [0, 0.1) is 0 Å². The molecule has 30 heavy (non-hydrogen) atoms. The van der Waals surface area contributed by atoms with Gasteiger partial charge in [-0.1, -0.05) is 0 Å². The molecule has 14 nitrogen and oxygen atoms in total. The molecule has 3 atom stereocenters. The second kappa shape index (κ2) is 10.9. The smallest absolute Gasteiger partial charge is 0.387 e. The normalized spacial score (nSPS) is 15.4. The van der Waals surface area contributed by atoms with Crippen LogP contribution in [-0.2, 0) is 32.3 Å². The number of aliphatic hydroxyl groups excluding tert-OH is 1. The van der Waals surface area contributed by atoms with Crippen molar-refractivity contribution >= 4 is 19.4 Å². The molecule has 2 rings (SSSR count). The Morgan fingerprint density at radius 2 is 1.97 bits per heavy atom. The number of nitrogens with two attached hydrogens (primary N) is 1. The fraction of sp³-hybridized carbons (Fsp3) is 0.667. The number of fused-ring (bicyclic) bond motifs is 1. The Morgan fingerprint density at radius 1 is 1.27 bits per heavy atom. The Bertz CT molecular complexity index is 912. The second-order valence-electron chi connectivity index (χ2n) is 5.92. The average molecular weight is 451 g/mol. The van der Waals surface area contributed by atoms with Gasteiger partial charge in [-0.15, -0.1) is 0 Å². The lowest BCUT2D eigenvalue weighted by atomic mass is 10.0. The SMILES string of the molecule is COCCOC(c1cnn2c(=O)[nH]c(N)nc12)C(O)C(COP(=O)(OC)OC)OC. The highest BCUT2D eigenvalue weighted by Crippen LogP contribution is 2.47. The van der Waals surface area contributed by atoms with E-state index in [1.807, 2.05) is 0 Å². The standard InChI is InChI=1S/C15H26N5O9P/c1-24-5-6-28-12(9-7-17-20-13(9)18-14(16)19-15(20)22)11(21)10(25-2)8-29-30(23,26-3)27-4/h7,10-12,21H,5-6,8H2,1-4H3,(H3,16,18,19,22). The number of nitrogen functional groups attached to an aromatic ring is 1. The molecule has 3 unspecified atom stereocenters. The number of nitrogens with one attached hydrogen (secondary N) is 1. The van der Waals surface area contributed by atoms with E-state index in [9.17, 15) is 14.5 Å². The number of aromatic amines is 1. The largest absolute Gasteiger partial charge is 0.474 e. The predicted molar refractivity (Wildman–Crippen MR) is 103 cm³/mol. The van der Waals surface area contributed by atoms with E-state index in [2.05, 4.69) is 15.1 Å². The van der Waals surface area contributed by atoms with Gasteiger partial charge in [-0.25, -0.2) is 9.36 Å². The highest BCUT2D eigenvalue weighted by molar-refractivity contribution is 7.48. The summed E-state index contributed by atoms with van der Waals surface area (Å²) in [5.74, 6) is -0.132. The number of ether oxygens (including phenoxy) is 3. The van der Waals surface area contributed by atoms with Crippen molar-refractivity contribution < 1.29 is 37.5 Å². The Labute approximate surface area is 171 Å². The van der Waals surface area contributed by atoms with Gasteiger partial charge in [-0.3, -0.25) is 18.6 Å². The van der Waals surface area contributed by atoms with Gasteiger partial charge in [0.15, 0.2) is 5.65 Å². The maximum absolute atomic E-state index is 12.1. The molecule has 0 saturated carbocycles. The summed E-state index contributed by atoms with van der Waals surface area (Å²) in [5, 5.41) is 14.9. The van der Waals surface area contributed by atoms with Crippen LogP contribution in [0.4, 0.5) is 5.95 Å². The summed E-state index contributed by atoms with van der Waals surface area (Å²) in [6, 6.07) is 0. The van der Waals surface area contributed by atoms with Crippen LogP contribution in [0.5, 0.6) is 0 Å². The maximum atomic E-state index is 12.1. The molecule has 4 N–H and O–H groups in total. The summed E-state index contributed by atoms with van der Waals surface area (Å²) in [4.78, 5) is 18.4. The van der Waals surface area contributed by atoms with Crippen molar-refractivity contribution in [1.82, 2.24) is 19.6 Å². The van der Waals surface area contributed by atoms with Gasteiger partial charge in [0.1, 0.15) is 18.3 Å². The van der Waals surface area contributed by atoms with Crippen LogP contribution in [-0.4, -0.2) is 85.2 Å². The maximum Gasteiger partial charge on any atom is 0.474 e. The third-order valence-corrected chi connectivity index (χ3v) is 5.51. The molecule has 0 radical (unpaired) electrons. The van der Waals surface area contributed by atoms with Gasteiger partial charge >= 0.3 is 13.5 Å². The van der Waals surface area contributed by atoms with Crippen LogP contribution < -0.4 is 11.4 Å². The van der Waals surface area contributed by atoms with Gasteiger partial charge < -0.3 is 25.1 Å². The third kappa shape index (κ3) is 5.62. The van der Waals surface area contributed by atoms with E-state index in [-0.39, 0.29) is 37.0 Å². The number of methoxy groups -OCH3 is 2. The Hall–Kier alpha value is -1.90. The molecule has 0 aliphatic heterocycles. The first-order valence-electron chi connectivity index (χ1n) is 8.71. The van der Waals surface area contributed by atoms with Gasteiger partial charge in [0.05, 0.1) is 26.0 Å². The Morgan fingerprint density at radius 3 is 2.57 bits per heavy atom. The molecule has 2 aromatic rings. The molecular formula is C15H26N5O9P. The minimum Gasteiger partial charge on any atom is -0.387 e. The van der Waals surface area contributed by atoms with Crippen LogP contribution in [0.25, 0.3) is 5.65 Å². The summed E-state index contributed by atoms with van der Waals surface area (Å²) in [5.41, 5.74) is 5.39. The van der Waals surface area contributed by atoms with E-state index in [1.54, 1.807) is 0 Å². The van der Waals surface area contributed by atoms with Crippen LogP contribution in [0.3, 0.4) is 0 Å². The lowest BCUT2D eigenvalue weighted by molar-refractivity contribution is -0.119. The first-order chi connectivity index (χ1) is 14.3. The molecular weight excluding hydrogens is 425 g/mol. The number of nitrogens with zero attached hydrogens (tertiary/aromatic N) is 3. The molecule has 0 bridgehead atoms. The number of aromatic nitrogens is 4. The van der Waals surface area contributed by atoms with E-state index >= 15 is 0 Å². The lowest BCUT2D eigenvalue weighted by Crippen LogP contribution is -2.38. The fourth-order valence-electron chi connectivity index (χ4n) is 2.60. The summed E-state index contributed by atoms with van der Waals surface area (Å²) in [6.45, 7) is -0.0222.